The first-order valence-corrected chi connectivity index (χ1v) is 5.94. The fraction of sp³-hybridized carbons (Fsp3) is 0.500. The van der Waals surface area contributed by atoms with Crippen molar-refractivity contribution in [3.8, 4) is 0 Å². The Morgan fingerprint density at radius 2 is 2.19 bits per heavy atom. The predicted molar refractivity (Wildman–Crippen MR) is 63.7 cm³/mol. The van der Waals surface area contributed by atoms with Gasteiger partial charge in [-0.3, -0.25) is 10.2 Å². The molecule has 0 aromatic carbocycles. The second-order valence-electron chi connectivity index (χ2n) is 3.58. The van der Waals surface area contributed by atoms with Gasteiger partial charge in [0.05, 0.1) is 0 Å². The van der Waals surface area contributed by atoms with Crippen molar-refractivity contribution in [2.24, 2.45) is 5.84 Å². The maximum atomic E-state index is 10.9. The van der Waals surface area contributed by atoms with E-state index < -0.39 is 0 Å². The van der Waals surface area contributed by atoms with E-state index in [2.05, 4.69) is 15.4 Å². The van der Waals surface area contributed by atoms with Gasteiger partial charge >= 0.3 is 0 Å². The number of aryl methyl sites for hydroxylation is 1. The Hall–Kier alpha value is -1.14. The van der Waals surface area contributed by atoms with Crippen molar-refractivity contribution in [2.45, 2.75) is 37.1 Å². The van der Waals surface area contributed by atoms with Crippen LogP contribution in [0.3, 0.4) is 0 Å². The summed E-state index contributed by atoms with van der Waals surface area (Å²) in [7, 11) is 0. The van der Waals surface area contributed by atoms with E-state index in [1.807, 2.05) is 13.8 Å². The minimum Gasteiger partial charge on any atom is -0.294 e. The quantitative estimate of drug-likeness (QED) is 0.264. The fourth-order valence-corrected chi connectivity index (χ4v) is 1.91. The molecule has 0 bridgehead atoms. The minimum absolute atomic E-state index is 0.141. The molecule has 88 valence electrons. The maximum Gasteiger partial charge on any atom is 0.233 e. The molecule has 1 rings (SSSR count). The second-order valence-corrected chi connectivity index (χ2v) is 4.98. The Labute approximate surface area is 99.2 Å². The van der Waals surface area contributed by atoms with Crippen LogP contribution in [0.15, 0.2) is 17.6 Å². The minimum atomic E-state index is -0.141. The lowest BCUT2D eigenvalue weighted by atomic mass is 10.2. The van der Waals surface area contributed by atoms with Crippen molar-refractivity contribution >= 4 is 17.7 Å². The first-order valence-electron chi connectivity index (χ1n) is 5.06. The van der Waals surface area contributed by atoms with Gasteiger partial charge in [0.15, 0.2) is 5.16 Å². The number of carbonyl (C=O) groups is 1. The van der Waals surface area contributed by atoms with Crippen molar-refractivity contribution in [1.29, 1.82) is 0 Å². The first kappa shape index (κ1) is 12.9. The molecule has 1 aromatic heterocycles. The molecule has 6 heteroatoms. The van der Waals surface area contributed by atoms with Gasteiger partial charge in [0.25, 0.3) is 0 Å². The van der Waals surface area contributed by atoms with Gasteiger partial charge in [0, 0.05) is 24.1 Å². The van der Waals surface area contributed by atoms with Crippen molar-refractivity contribution in [3.63, 3.8) is 0 Å². The molecule has 1 heterocycles. The molecule has 0 aliphatic rings. The third kappa shape index (κ3) is 4.59. The molecule has 0 radical (unpaired) electrons. The summed E-state index contributed by atoms with van der Waals surface area (Å²) in [6.07, 6.45) is 4.75. The summed E-state index contributed by atoms with van der Waals surface area (Å²) in [5.74, 6) is 4.86. The highest BCUT2D eigenvalue weighted by Crippen LogP contribution is 2.22. The number of carbonyl (C=O) groups excluding carboxylic acids is 1. The highest BCUT2D eigenvalue weighted by molar-refractivity contribution is 7.99. The number of aromatic nitrogens is 2. The third-order valence-corrected chi connectivity index (χ3v) is 3.06. The van der Waals surface area contributed by atoms with E-state index in [1.54, 1.807) is 24.2 Å². The van der Waals surface area contributed by atoms with Crippen LogP contribution in [-0.2, 0) is 4.79 Å². The Morgan fingerprint density at radius 3 is 2.75 bits per heavy atom. The molecule has 0 saturated carbocycles. The van der Waals surface area contributed by atoms with E-state index in [4.69, 9.17) is 5.84 Å². The molecule has 1 atom stereocenters. The molecular formula is C10H16N4OS. The maximum absolute atomic E-state index is 10.9. The van der Waals surface area contributed by atoms with Crippen LogP contribution >= 0.6 is 11.8 Å². The zero-order valence-corrected chi connectivity index (χ0v) is 10.3. The first-order chi connectivity index (χ1) is 7.61. The standard InChI is InChI=1S/C10H16N4OS/c1-7-5-12-10(13-6-7)16-8(2)3-4-9(15)14-11/h5-6,8H,3-4,11H2,1-2H3,(H,14,15). The van der Waals surface area contributed by atoms with Crippen molar-refractivity contribution in [3.05, 3.63) is 18.0 Å². The topological polar surface area (TPSA) is 80.9 Å². The summed E-state index contributed by atoms with van der Waals surface area (Å²) in [6, 6.07) is 0. The van der Waals surface area contributed by atoms with Crippen LogP contribution in [0.2, 0.25) is 0 Å². The molecule has 0 fully saturated rings. The van der Waals surface area contributed by atoms with Crippen LogP contribution < -0.4 is 11.3 Å². The Bertz CT molecular complexity index is 341. The normalized spacial score (nSPS) is 12.2. The lowest BCUT2D eigenvalue weighted by Crippen LogP contribution is -2.30. The number of nitrogens with two attached hydrogens (primary N) is 1. The van der Waals surface area contributed by atoms with Gasteiger partial charge in [-0.2, -0.15) is 0 Å². The zero-order valence-electron chi connectivity index (χ0n) is 9.43. The van der Waals surface area contributed by atoms with Crippen LogP contribution in [0.4, 0.5) is 0 Å². The number of hydrogen-bond donors (Lipinski definition) is 2. The number of amides is 1. The molecule has 0 aliphatic carbocycles. The number of hydrogen-bond acceptors (Lipinski definition) is 5. The number of nitrogens with one attached hydrogen (secondary N) is 1. The molecular weight excluding hydrogens is 224 g/mol. The highest BCUT2D eigenvalue weighted by Gasteiger charge is 2.08. The van der Waals surface area contributed by atoms with Crippen LogP contribution in [0.25, 0.3) is 0 Å². The smallest absolute Gasteiger partial charge is 0.233 e. The van der Waals surface area contributed by atoms with Gasteiger partial charge in [0.2, 0.25) is 5.91 Å². The fourth-order valence-electron chi connectivity index (χ4n) is 1.09. The Balaban J connectivity index is 2.36. The van der Waals surface area contributed by atoms with Crippen molar-refractivity contribution < 1.29 is 4.79 Å². The van der Waals surface area contributed by atoms with E-state index >= 15 is 0 Å². The van der Waals surface area contributed by atoms with Crippen molar-refractivity contribution in [1.82, 2.24) is 15.4 Å². The van der Waals surface area contributed by atoms with Crippen LogP contribution in [0.1, 0.15) is 25.3 Å². The summed E-state index contributed by atoms with van der Waals surface area (Å²) in [4.78, 5) is 19.3. The Morgan fingerprint density at radius 1 is 1.56 bits per heavy atom. The zero-order chi connectivity index (χ0) is 12.0. The average molecular weight is 240 g/mol. The highest BCUT2D eigenvalue weighted by atomic mass is 32.2. The summed E-state index contributed by atoms with van der Waals surface area (Å²) < 4.78 is 0. The lowest BCUT2D eigenvalue weighted by Gasteiger charge is -2.08. The molecule has 0 saturated heterocycles. The van der Waals surface area contributed by atoms with Gasteiger partial charge in [-0.1, -0.05) is 18.7 Å². The van der Waals surface area contributed by atoms with Gasteiger partial charge in [-0.05, 0) is 18.9 Å². The second kappa shape index (κ2) is 6.44. The van der Waals surface area contributed by atoms with E-state index in [0.29, 0.717) is 11.7 Å². The third-order valence-electron chi connectivity index (χ3n) is 2.00. The SMILES string of the molecule is Cc1cnc(SC(C)CCC(=O)NN)nc1. The predicted octanol–water partition coefficient (Wildman–Crippen LogP) is 1.04. The van der Waals surface area contributed by atoms with E-state index in [1.165, 1.54) is 0 Å². The van der Waals surface area contributed by atoms with Gasteiger partial charge in [-0.25, -0.2) is 15.8 Å². The lowest BCUT2D eigenvalue weighted by molar-refractivity contribution is -0.121. The van der Waals surface area contributed by atoms with Crippen molar-refractivity contribution in [2.75, 3.05) is 0 Å². The molecule has 0 aliphatic heterocycles. The molecule has 1 aromatic rings. The average Bonchev–Trinajstić information content (AvgIpc) is 2.29. The van der Waals surface area contributed by atoms with Crippen LogP contribution in [-0.4, -0.2) is 21.1 Å². The van der Waals surface area contributed by atoms with E-state index in [9.17, 15) is 4.79 Å². The number of hydrazine groups is 1. The van der Waals surface area contributed by atoms with E-state index in [0.717, 1.165) is 17.1 Å². The molecule has 3 N–H and O–H groups in total. The van der Waals surface area contributed by atoms with Crippen LogP contribution in [0.5, 0.6) is 0 Å². The monoisotopic (exact) mass is 240 g/mol. The summed E-state index contributed by atoms with van der Waals surface area (Å²) in [5, 5.41) is 1.03. The molecule has 16 heavy (non-hydrogen) atoms. The van der Waals surface area contributed by atoms with E-state index in [-0.39, 0.29) is 5.91 Å². The number of nitrogens with zero attached hydrogens (tertiary/aromatic N) is 2. The molecule has 0 spiro atoms. The summed E-state index contributed by atoms with van der Waals surface area (Å²) in [6.45, 7) is 3.99. The summed E-state index contributed by atoms with van der Waals surface area (Å²) >= 11 is 1.56. The molecule has 1 unspecified atom stereocenters. The van der Waals surface area contributed by atoms with Gasteiger partial charge in [-0.15, -0.1) is 0 Å². The molecule has 1 amide bonds. The van der Waals surface area contributed by atoms with Crippen LogP contribution in [0, 0.1) is 6.92 Å². The Kier molecular flexibility index (Phi) is 5.21. The molecule has 5 nitrogen and oxygen atoms in total. The van der Waals surface area contributed by atoms with Gasteiger partial charge in [0.1, 0.15) is 0 Å². The number of thioether (sulfide) groups is 1. The summed E-state index contributed by atoms with van der Waals surface area (Å²) in [5.41, 5.74) is 3.15. The van der Waals surface area contributed by atoms with Gasteiger partial charge < -0.3 is 0 Å². The largest absolute Gasteiger partial charge is 0.294 e. The number of rotatable bonds is 5.